The van der Waals surface area contributed by atoms with E-state index in [9.17, 15) is 5.11 Å². The molecule has 0 radical (unpaired) electrons. The predicted octanol–water partition coefficient (Wildman–Crippen LogP) is 2.21. The monoisotopic (exact) mass is 306 g/mol. The zero-order valence-corrected chi connectivity index (χ0v) is 14.4. The van der Waals surface area contributed by atoms with Crippen LogP contribution in [0.1, 0.15) is 25.0 Å². The Hall–Kier alpha value is -1.10. The van der Waals surface area contributed by atoms with Gasteiger partial charge >= 0.3 is 0 Å². The van der Waals surface area contributed by atoms with Gasteiger partial charge in [0.25, 0.3) is 0 Å². The molecule has 1 atom stereocenters. The van der Waals surface area contributed by atoms with E-state index in [1.165, 1.54) is 16.8 Å². The van der Waals surface area contributed by atoms with Crippen molar-refractivity contribution in [2.45, 2.75) is 39.9 Å². The first-order valence-corrected chi connectivity index (χ1v) is 8.30. The zero-order chi connectivity index (χ0) is 16.1. The standard InChI is InChI=1S/C18H30N2O2/c1-14(2)22-13-18(21)12-19-7-9-20(10-8-19)17-6-5-15(3)16(4)11-17/h5-6,11,14,18,21H,7-10,12-13H2,1-4H3. The van der Waals surface area contributed by atoms with Gasteiger partial charge in [0, 0.05) is 38.4 Å². The van der Waals surface area contributed by atoms with Crippen LogP contribution in [-0.2, 0) is 4.74 Å². The lowest BCUT2D eigenvalue weighted by atomic mass is 10.1. The lowest BCUT2D eigenvalue weighted by Gasteiger charge is -2.37. The third kappa shape index (κ3) is 4.97. The van der Waals surface area contributed by atoms with E-state index in [0.29, 0.717) is 13.2 Å². The average Bonchev–Trinajstić information content (AvgIpc) is 2.49. The summed E-state index contributed by atoms with van der Waals surface area (Å²) >= 11 is 0. The van der Waals surface area contributed by atoms with Crippen LogP contribution >= 0.6 is 0 Å². The summed E-state index contributed by atoms with van der Waals surface area (Å²) < 4.78 is 5.47. The molecular weight excluding hydrogens is 276 g/mol. The molecule has 1 unspecified atom stereocenters. The third-order valence-electron chi connectivity index (χ3n) is 4.32. The number of benzene rings is 1. The number of hydrogen-bond acceptors (Lipinski definition) is 4. The number of β-amino-alcohol motifs (C(OH)–C–C–N with tert-alkyl or cyclic N) is 1. The number of ether oxygens (including phenoxy) is 1. The van der Waals surface area contributed by atoms with E-state index in [-0.39, 0.29) is 6.10 Å². The topological polar surface area (TPSA) is 35.9 Å². The maximum atomic E-state index is 10.0. The van der Waals surface area contributed by atoms with Crippen LogP contribution in [0.25, 0.3) is 0 Å². The Morgan fingerprint density at radius 2 is 1.77 bits per heavy atom. The molecule has 4 heteroatoms. The van der Waals surface area contributed by atoms with Crippen LogP contribution in [0.5, 0.6) is 0 Å². The highest BCUT2D eigenvalue weighted by Gasteiger charge is 2.19. The van der Waals surface area contributed by atoms with E-state index in [1.54, 1.807) is 0 Å². The van der Waals surface area contributed by atoms with Crippen LogP contribution in [0.15, 0.2) is 18.2 Å². The molecule has 1 aliphatic rings. The molecule has 1 aliphatic heterocycles. The molecule has 1 N–H and O–H groups in total. The number of rotatable bonds is 6. The van der Waals surface area contributed by atoms with E-state index < -0.39 is 6.10 Å². The Bertz CT molecular complexity index is 468. The highest BCUT2D eigenvalue weighted by molar-refractivity contribution is 5.51. The Balaban J connectivity index is 1.79. The van der Waals surface area contributed by atoms with E-state index in [0.717, 1.165) is 26.2 Å². The molecule has 22 heavy (non-hydrogen) atoms. The van der Waals surface area contributed by atoms with Crippen LogP contribution in [0.4, 0.5) is 5.69 Å². The van der Waals surface area contributed by atoms with E-state index in [1.807, 2.05) is 13.8 Å². The van der Waals surface area contributed by atoms with Crippen molar-refractivity contribution in [3.05, 3.63) is 29.3 Å². The van der Waals surface area contributed by atoms with Crippen molar-refractivity contribution in [2.75, 3.05) is 44.2 Å². The van der Waals surface area contributed by atoms with Crippen molar-refractivity contribution >= 4 is 5.69 Å². The number of nitrogens with zero attached hydrogens (tertiary/aromatic N) is 2. The molecule has 0 amide bonds. The minimum absolute atomic E-state index is 0.177. The summed E-state index contributed by atoms with van der Waals surface area (Å²) in [7, 11) is 0. The quantitative estimate of drug-likeness (QED) is 0.874. The van der Waals surface area contributed by atoms with Gasteiger partial charge in [0.1, 0.15) is 0 Å². The van der Waals surface area contributed by atoms with Gasteiger partial charge in [-0.2, -0.15) is 0 Å². The van der Waals surface area contributed by atoms with Gasteiger partial charge in [-0.25, -0.2) is 0 Å². The average molecular weight is 306 g/mol. The molecule has 124 valence electrons. The second kappa shape index (κ2) is 7.95. The summed E-state index contributed by atoms with van der Waals surface area (Å²) in [4.78, 5) is 4.76. The second-order valence-electron chi connectivity index (χ2n) is 6.59. The summed E-state index contributed by atoms with van der Waals surface area (Å²) in [6.07, 6.45) is -0.216. The predicted molar refractivity (Wildman–Crippen MR) is 91.7 cm³/mol. The third-order valence-corrected chi connectivity index (χ3v) is 4.32. The molecule has 0 saturated carbocycles. The van der Waals surface area contributed by atoms with Crippen LogP contribution in [0, 0.1) is 13.8 Å². The van der Waals surface area contributed by atoms with Gasteiger partial charge in [0.15, 0.2) is 0 Å². The molecule has 1 aromatic rings. The second-order valence-corrected chi connectivity index (χ2v) is 6.59. The SMILES string of the molecule is Cc1ccc(N2CCN(CC(O)COC(C)C)CC2)cc1C. The lowest BCUT2D eigenvalue weighted by Crippen LogP contribution is -2.49. The number of aryl methyl sites for hydroxylation is 2. The zero-order valence-electron chi connectivity index (χ0n) is 14.4. The molecular formula is C18H30N2O2. The fraction of sp³-hybridized carbons (Fsp3) is 0.667. The Labute approximate surface area is 134 Å². The van der Waals surface area contributed by atoms with E-state index >= 15 is 0 Å². The van der Waals surface area contributed by atoms with Gasteiger partial charge in [0.05, 0.1) is 18.8 Å². The number of anilines is 1. The normalized spacial score (nSPS) is 18.0. The van der Waals surface area contributed by atoms with Gasteiger partial charge in [-0.15, -0.1) is 0 Å². The summed E-state index contributed by atoms with van der Waals surface area (Å²) in [6, 6.07) is 6.68. The van der Waals surface area contributed by atoms with E-state index in [2.05, 4.69) is 41.8 Å². The number of piperazine rings is 1. The van der Waals surface area contributed by atoms with Crippen molar-refractivity contribution in [2.24, 2.45) is 0 Å². The van der Waals surface area contributed by atoms with Crippen molar-refractivity contribution in [3.63, 3.8) is 0 Å². The van der Waals surface area contributed by atoms with Crippen LogP contribution in [0.2, 0.25) is 0 Å². The highest BCUT2D eigenvalue weighted by Crippen LogP contribution is 2.20. The molecule has 1 heterocycles. The van der Waals surface area contributed by atoms with Crippen molar-refractivity contribution < 1.29 is 9.84 Å². The molecule has 1 fully saturated rings. The molecule has 0 spiro atoms. The molecule has 0 bridgehead atoms. The van der Waals surface area contributed by atoms with E-state index in [4.69, 9.17) is 4.74 Å². The first-order chi connectivity index (χ1) is 10.5. The molecule has 0 aliphatic carbocycles. The molecule has 4 nitrogen and oxygen atoms in total. The van der Waals surface area contributed by atoms with Crippen molar-refractivity contribution in [1.82, 2.24) is 4.90 Å². The minimum atomic E-state index is -0.393. The lowest BCUT2D eigenvalue weighted by molar-refractivity contribution is -0.00899. The van der Waals surface area contributed by atoms with Crippen molar-refractivity contribution in [1.29, 1.82) is 0 Å². The number of aliphatic hydroxyl groups excluding tert-OH is 1. The number of aliphatic hydroxyl groups is 1. The first kappa shape index (κ1) is 17.3. The van der Waals surface area contributed by atoms with Gasteiger partial charge in [-0.1, -0.05) is 6.07 Å². The Kier molecular flexibility index (Phi) is 6.24. The maximum absolute atomic E-state index is 10.0. The van der Waals surface area contributed by atoms with Crippen LogP contribution in [0.3, 0.4) is 0 Å². The van der Waals surface area contributed by atoms with Crippen LogP contribution < -0.4 is 4.90 Å². The first-order valence-electron chi connectivity index (χ1n) is 8.30. The summed E-state index contributed by atoms with van der Waals surface area (Å²) in [5, 5.41) is 10.0. The maximum Gasteiger partial charge on any atom is 0.0900 e. The molecule has 0 aromatic heterocycles. The fourth-order valence-corrected chi connectivity index (χ4v) is 2.77. The summed E-state index contributed by atoms with van der Waals surface area (Å²) in [5.74, 6) is 0. The molecule has 2 rings (SSSR count). The minimum Gasteiger partial charge on any atom is -0.389 e. The Morgan fingerprint density at radius 3 is 2.36 bits per heavy atom. The fourth-order valence-electron chi connectivity index (χ4n) is 2.77. The van der Waals surface area contributed by atoms with Gasteiger partial charge in [0.2, 0.25) is 0 Å². The smallest absolute Gasteiger partial charge is 0.0900 e. The Morgan fingerprint density at radius 1 is 1.09 bits per heavy atom. The highest BCUT2D eigenvalue weighted by atomic mass is 16.5. The van der Waals surface area contributed by atoms with Crippen LogP contribution in [-0.4, -0.2) is 61.5 Å². The summed E-state index contributed by atoms with van der Waals surface area (Å²) in [5.41, 5.74) is 4.00. The van der Waals surface area contributed by atoms with Gasteiger partial charge in [-0.05, 0) is 51.0 Å². The number of hydrogen-bond donors (Lipinski definition) is 1. The molecule has 1 saturated heterocycles. The summed E-state index contributed by atoms with van der Waals surface area (Å²) in [6.45, 7) is 13.4. The molecule has 1 aromatic carbocycles. The van der Waals surface area contributed by atoms with Gasteiger partial charge < -0.3 is 14.7 Å². The van der Waals surface area contributed by atoms with Gasteiger partial charge in [-0.3, -0.25) is 4.90 Å². The largest absolute Gasteiger partial charge is 0.389 e. The van der Waals surface area contributed by atoms with Crippen molar-refractivity contribution in [3.8, 4) is 0 Å².